The van der Waals surface area contributed by atoms with Crippen molar-refractivity contribution < 1.29 is 9.53 Å². The van der Waals surface area contributed by atoms with Crippen LogP contribution in [0.5, 0.6) is 0 Å². The molecule has 0 radical (unpaired) electrons. The first-order valence-corrected chi connectivity index (χ1v) is 9.58. The number of aryl methyl sites for hydroxylation is 1. The quantitative estimate of drug-likeness (QED) is 0.478. The van der Waals surface area contributed by atoms with Gasteiger partial charge in [0, 0.05) is 10.4 Å². The van der Waals surface area contributed by atoms with Gasteiger partial charge in [0.1, 0.15) is 10.9 Å². The number of hydrogen-bond donors (Lipinski definition) is 0. The molecule has 0 amide bonds. The molecule has 0 unspecified atom stereocenters. The fourth-order valence-corrected chi connectivity index (χ4v) is 3.90. The predicted octanol–water partition coefficient (Wildman–Crippen LogP) is 4.34. The van der Waals surface area contributed by atoms with Crippen LogP contribution in [0.4, 0.5) is 0 Å². The van der Waals surface area contributed by atoms with E-state index in [-0.39, 0.29) is 5.56 Å². The van der Waals surface area contributed by atoms with E-state index in [0.717, 1.165) is 28.8 Å². The lowest BCUT2D eigenvalue weighted by atomic mass is 10.0. The Morgan fingerprint density at radius 3 is 2.73 bits per heavy atom. The van der Waals surface area contributed by atoms with Crippen LogP contribution in [0.2, 0.25) is 0 Å². The van der Waals surface area contributed by atoms with E-state index >= 15 is 0 Å². The molecule has 0 saturated carbocycles. The Morgan fingerprint density at radius 1 is 1.31 bits per heavy atom. The number of ether oxygens (including phenoxy) is 1. The molecule has 1 aromatic carbocycles. The maximum Gasteiger partial charge on any atom is 0.328 e. The SMILES string of the molecule is CCCCOC(=O)[C@H](C)n1cnc2sc(C)c(-c3ccccc3)c2c1=O. The lowest BCUT2D eigenvalue weighted by Gasteiger charge is -2.14. The van der Waals surface area contributed by atoms with Gasteiger partial charge < -0.3 is 4.74 Å². The Bertz CT molecular complexity index is 976. The largest absolute Gasteiger partial charge is 0.464 e. The topological polar surface area (TPSA) is 61.2 Å². The van der Waals surface area contributed by atoms with E-state index in [9.17, 15) is 9.59 Å². The van der Waals surface area contributed by atoms with Gasteiger partial charge in [0.2, 0.25) is 0 Å². The number of unbranched alkanes of at least 4 members (excludes halogenated alkanes) is 1. The summed E-state index contributed by atoms with van der Waals surface area (Å²) in [5, 5.41) is 0.564. The monoisotopic (exact) mass is 370 g/mol. The Morgan fingerprint density at radius 2 is 2.04 bits per heavy atom. The van der Waals surface area contributed by atoms with Crippen molar-refractivity contribution in [3.05, 3.63) is 51.9 Å². The number of nitrogens with zero attached hydrogens (tertiary/aromatic N) is 2. The zero-order chi connectivity index (χ0) is 18.7. The number of hydrogen-bond acceptors (Lipinski definition) is 5. The highest BCUT2D eigenvalue weighted by Gasteiger charge is 2.22. The van der Waals surface area contributed by atoms with Crippen molar-refractivity contribution in [3.63, 3.8) is 0 Å². The minimum Gasteiger partial charge on any atom is -0.464 e. The molecule has 0 aliphatic rings. The standard InChI is InChI=1S/C20H22N2O3S/c1-4-5-11-25-20(24)13(2)22-12-21-18-17(19(22)23)16(14(3)26-18)15-9-7-6-8-10-15/h6-10,12-13H,4-5,11H2,1-3H3/t13-/m0/s1. The minimum absolute atomic E-state index is 0.210. The van der Waals surface area contributed by atoms with Crippen molar-refractivity contribution in [1.29, 1.82) is 0 Å². The lowest BCUT2D eigenvalue weighted by molar-refractivity contribution is -0.147. The second-order valence-electron chi connectivity index (χ2n) is 6.23. The van der Waals surface area contributed by atoms with Gasteiger partial charge >= 0.3 is 5.97 Å². The molecule has 2 heterocycles. The summed E-state index contributed by atoms with van der Waals surface area (Å²) in [6.45, 7) is 6.06. The van der Waals surface area contributed by atoms with Crippen molar-refractivity contribution in [1.82, 2.24) is 9.55 Å². The van der Waals surface area contributed by atoms with E-state index in [0.29, 0.717) is 16.8 Å². The average molecular weight is 370 g/mol. The molecule has 26 heavy (non-hydrogen) atoms. The van der Waals surface area contributed by atoms with E-state index in [2.05, 4.69) is 4.98 Å². The molecule has 0 N–H and O–H groups in total. The summed E-state index contributed by atoms with van der Waals surface area (Å²) in [4.78, 5) is 31.5. The molecule has 0 aliphatic carbocycles. The summed E-state index contributed by atoms with van der Waals surface area (Å²) in [6.07, 6.45) is 3.21. The van der Waals surface area contributed by atoms with Crippen molar-refractivity contribution >= 4 is 27.5 Å². The van der Waals surface area contributed by atoms with Crippen LogP contribution in [-0.4, -0.2) is 22.1 Å². The first kappa shape index (κ1) is 18.3. The molecule has 0 aliphatic heterocycles. The van der Waals surface area contributed by atoms with Crippen LogP contribution in [-0.2, 0) is 9.53 Å². The normalized spacial score (nSPS) is 12.3. The second kappa shape index (κ2) is 7.83. The lowest BCUT2D eigenvalue weighted by Crippen LogP contribution is -2.29. The summed E-state index contributed by atoms with van der Waals surface area (Å²) in [7, 11) is 0. The third-order valence-electron chi connectivity index (χ3n) is 4.38. The van der Waals surface area contributed by atoms with E-state index in [1.54, 1.807) is 6.92 Å². The first-order chi connectivity index (χ1) is 12.5. The number of aromatic nitrogens is 2. The van der Waals surface area contributed by atoms with Crippen molar-refractivity contribution in [3.8, 4) is 11.1 Å². The molecule has 0 saturated heterocycles. The zero-order valence-corrected chi connectivity index (χ0v) is 16.0. The Labute approximate surface area is 156 Å². The summed E-state index contributed by atoms with van der Waals surface area (Å²) >= 11 is 1.49. The highest BCUT2D eigenvalue weighted by molar-refractivity contribution is 7.19. The molecule has 0 spiro atoms. The molecule has 5 nitrogen and oxygen atoms in total. The van der Waals surface area contributed by atoms with E-state index in [4.69, 9.17) is 4.74 Å². The van der Waals surface area contributed by atoms with Crippen molar-refractivity contribution in [2.24, 2.45) is 0 Å². The van der Waals surface area contributed by atoms with Gasteiger partial charge in [0.05, 0.1) is 18.3 Å². The predicted molar refractivity (Wildman–Crippen MR) is 105 cm³/mol. The average Bonchev–Trinajstić information content (AvgIpc) is 2.99. The van der Waals surface area contributed by atoms with Gasteiger partial charge in [-0.15, -0.1) is 11.3 Å². The summed E-state index contributed by atoms with van der Waals surface area (Å²) < 4.78 is 6.63. The maximum absolute atomic E-state index is 13.1. The highest BCUT2D eigenvalue weighted by Crippen LogP contribution is 2.35. The number of thiophene rings is 1. The van der Waals surface area contributed by atoms with Crippen LogP contribution in [0.3, 0.4) is 0 Å². The molecular weight excluding hydrogens is 348 g/mol. The Balaban J connectivity index is 2.06. The van der Waals surface area contributed by atoms with E-state index in [1.807, 2.05) is 44.2 Å². The van der Waals surface area contributed by atoms with Gasteiger partial charge in [-0.3, -0.25) is 9.36 Å². The van der Waals surface area contributed by atoms with Gasteiger partial charge in [-0.25, -0.2) is 9.78 Å². The second-order valence-corrected chi connectivity index (χ2v) is 7.44. The van der Waals surface area contributed by atoms with Crippen LogP contribution in [0.1, 0.15) is 37.6 Å². The number of esters is 1. The molecule has 0 fully saturated rings. The highest BCUT2D eigenvalue weighted by atomic mass is 32.1. The fraction of sp³-hybridized carbons (Fsp3) is 0.350. The Kier molecular flexibility index (Phi) is 5.52. The smallest absolute Gasteiger partial charge is 0.328 e. The van der Waals surface area contributed by atoms with Crippen LogP contribution in [0.15, 0.2) is 41.5 Å². The molecule has 136 valence electrons. The number of benzene rings is 1. The first-order valence-electron chi connectivity index (χ1n) is 8.76. The third-order valence-corrected chi connectivity index (χ3v) is 5.39. The zero-order valence-electron chi connectivity index (χ0n) is 15.2. The summed E-state index contributed by atoms with van der Waals surface area (Å²) in [5.74, 6) is -0.407. The van der Waals surface area contributed by atoms with E-state index < -0.39 is 12.0 Å². The fourth-order valence-electron chi connectivity index (χ4n) is 2.90. The van der Waals surface area contributed by atoms with Gasteiger partial charge in [0.15, 0.2) is 0 Å². The van der Waals surface area contributed by atoms with Crippen molar-refractivity contribution in [2.45, 2.75) is 39.7 Å². The summed E-state index contributed by atoms with van der Waals surface area (Å²) in [5.41, 5.74) is 1.66. The van der Waals surface area contributed by atoms with Gasteiger partial charge in [-0.1, -0.05) is 43.7 Å². The van der Waals surface area contributed by atoms with Gasteiger partial charge in [-0.2, -0.15) is 0 Å². The van der Waals surface area contributed by atoms with E-state index in [1.165, 1.54) is 22.2 Å². The van der Waals surface area contributed by atoms with Crippen LogP contribution in [0.25, 0.3) is 21.3 Å². The molecular formula is C20H22N2O3S. The van der Waals surface area contributed by atoms with Crippen LogP contribution >= 0.6 is 11.3 Å². The number of fused-ring (bicyclic) bond motifs is 1. The van der Waals surface area contributed by atoms with Crippen molar-refractivity contribution in [2.75, 3.05) is 6.61 Å². The van der Waals surface area contributed by atoms with Gasteiger partial charge in [0.25, 0.3) is 5.56 Å². The number of carbonyl (C=O) groups excluding carboxylic acids is 1. The molecule has 2 aromatic heterocycles. The van der Waals surface area contributed by atoms with Gasteiger partial charge in [-0.05, 0) is 25.8 Å². The number of rotatable bonds is 6. The Hall–Kier alpha value is -2.47. The molecule has 0 bridgehead atoms. The molecule has 6 heteroatoms. The summed E-state index contributed by atoms with van der Waals surface area (Å²) in [6, 6.07) is 9.08. The molecule has 3 aromatic rings. The molecule has 1 atom stereocenters. The minimum atomic E-state index is -0.708. The van der Waals surface area contributed by atoms with Crippen LogP contribution in [0, 0.1) is 6.92 Å². The third kappa shape index (κ3) is 3.42. The molecule has 3 rings (SSSR count). The number of carbonyl (C=O) groups is 1. The maximum atomic E-state index is 13.1. The van der Waals surface area contributed by atoms with Crippen LogP contribution < -0.4 is 5.56 Å².